The largest absolute Gasteiger partial charge is 0.368 e. The van der Waals surface area contributed by atoms with E-state index in [2.05, 4.69) is 27.8 Å². The molecule has 31 heavy (non-hydrogen) atoms. The maximum absolute atomic E-state index is 12.3. The lowest BCUT2D eigenvalue weighted by molar-refractivity contribution is -0.117. The fraction of sp³-hybridized carbons (Fsp3) is 0.391. The second kappa shape index (κ2) is 8.58. The van der Waals surface area contributed by atoms with Gasteiger partial charge in [-0.2, -0.15) is 5.26 Å². The smallest absolute Gasteiger partial charge is 0.235 e. The van der Waals surface area contributed by atoms with E-state index in [4.69, 9.17) is 17.3 Å². The molecule has 2 aliphatic rings. The average molecular weight is 433 g/mol. The number of primary amides is 1. The highest BCUT2D eigenvalue weighted by Crippen LogP contribution is 2.45. The Morgan fingerprint density at radius 1 is 1.39 bits per heavy atom. The summed E-state index contributed by atoms with van der Waals surface area (Å²) in [5.41, 5.74) is 8.00. The van der Waals surface area contributed by atoms with Crippen molar-refractivity contribution in [3.05, 3.63) is 58.4 Å². The van der Waals surface area contributed by atoms with Crippen molar-refractivity contribution in [2.45, 2.75) is 42.1 Å². The van der Waals surface area contributed by atoms with Gasteiger partial charge in [0, 0.05) is 25.2 Å². The van der Waals surface area contributed by atoms with E-state index in [0.29, 0.717) is 46.2 Å². The summed E-state index contributed by atoms with van der Waals surface area (Å²) in [6.45, 7) is 11.5. The lowest BCUT2D eigenvalue weighted by Gasteiger charge is -2.34. The number of thioether (sulfide) groups is 1. The van der Waals surface area contributed by atoms with E-state index in [1.807, 2.05) is 37.3 Å². The van der Waals surface area contributed by atoms with Crippen LogP contribution in [0.4, 0.5) is 11.5 Å². The Kier molecular flexibility index (Phi) is 5.86. The average Bonchev–Trinajstić information content (AvgIpc) is 3.36. The van der Waals surface area contributed by atoms with Crippen molar-refractivity contribution in [2.24, 2.45) is 5.73 Å². The number of anilines is 1. The number of piperazine rings is 1. The van der Waals surface area contributed by atoms with Crippen molar-refractivity contribution >= 4 is 29.2 Å². The molecule has 0 aliphatic carbocycles. The van der Waals surface area contributed by atoms with Gasteiger partial charge in [0.05, 0.1) is 12.1 Å². The Morgan fingerprint density at radius 3 is 2.65 bits per heavy atom. The Hall–Kier alpha value is -3.07. The van der Waals surface area contributed by atoms with Crippen molar-refractivity contribution in [3.63, 3.8) is 0 Å². The van der Waals surface area contributed by atoms with Crippen LogP contribution in [-0.2, 0) is 11.2 Å². The number of nitriles is 1. The number of aromatic nitrogens is 1. The summed E-state index contributed by atoms with van der Waals surface area (Å²) in [5, 5.41) is 9.72. The van der Waals surface area contributed by atoms with Gasteiger partial charge in [0.2, 0.25) is 11.6 Å². The van der Waals surface area contributed by atoms with Gasteiger partial charge in [0.25, 0.3) is 0 Å². The van der Waals surface area contributed by atoms with Gasteiger partial charge in [-0.15, -0.1) is 0 Å². The van der Waals surface area contributed by atoms with Crippen LogP contribution in [-0.4, -0.2) is 48.0 Å². The van der Waals surface area contributed by atoms with Crippen molar-refractivity contribution in [1.29, 1.82) is 5.26 Å². The van der Waals surface area contributed by atoms with Crippen LogP contribution in [0.3, 0.4) is 0 Å². The van der Waals surface area contributed by atoms with E-state index in [-0.39, 0.29) is 0 Å². The zero-order chi connectivity index (χ0) is 22.1. The molecule has 0 spiro atoms. The molecule has 1 aromatic heterocycles. The quantitative estimate of drug-likeness (QED) is 0.556. The van der Waals surface area contributed by atoms with Gasteiger partial charge in [-0.1, -0.05) is 49.0 Å². The van der Waals surface area contributed by atoms with E-state index in [0.717, 1.165) is 25.1 Å². The van der Waals surface area contributed by atoms with Crippen LogP contribution < -0.4 is 10.6 Å². The summed E-state index contributed by atoms with van der Waals surface area (Å²) < 4.78 is 0. The Morgan fingerprint density at radius 2 is 2.13 bits per heavy atom. The highest BCUT2D eigenvalue weighted by Gasteiger charge is 2.43. The molecule has 2 saturated heterocycles. The minimum absolute atomic E-state index is 0.305. The molecular formula is C23H24N6OS. The third-order valence-corrected chi connectivity index (χ3v) is 7.43. The molecule has 2 bridgehead atoms. The third-order valence-electron chi connectivity index (χ3n) is 6.17. The standard InChI is InChI=1S/C23H24N6OS/c1-4-17-18(11-24)23(31-20(21(25)30)14-8-6-5-7-9-14)27-22(19(17)26-2)29-13-15-10-16(29)12-28(15)3/h5-9,15-16,20H,4,10,12-13H2,1,3H3,(H2,25,30). The number of amides is 1. The molecule has 2 aliphatic heterocycles. The molecule has 7 nitrogen and oxygen atoms in total. The van der Waals surface area contributed by atoms with Crippen LogP contribution in [0.15, 0.2) is 35.4 Å². The number of benzene rings is 1. The monoisotopic (exact) mass is 432 g/mol. The van der Waals surface area contributed by atoms with E-state index < -0.39 is 11.2 Å². The first-order valence-corrected chi connectivity index (χ1v) is 11.2. The second-order valence-corrected chi connectivity index (χ2v) is 9.06. The fourth-order valence-electron chi connectivity index (χ4n) is 4.61. The molecule has 1 amide bonds. The van der Waals surface area contributed by atoms with Crippen molar-refractivity contribution in [1.82, 2.24) is 9.88 Å². The predicted octanol–water partition coefficient (Wildman–Crippen LogP) is 3.28. The number of carbonyl (C=O) groups excluding carboxylic acids is 1. The summed E-state index contributed by atoms with van der Waals surface area (Å²) in [4.78, 5) is 25.5. The molecule has 1 aromatic carbocycles. The number of hydrogen-bond donors (Lipinski definition) is 1. The van der Waals surface area contributed by atoms with Gasteiger partial charge in [-0.3, -0.25) is 9.69 Å². The minimum atomic E-state index is -0.668. The Bertz CT molecular complexity index is 1090. The summed E-state index contributed by atoms with van der Waals surface area (Å²) in [6, 6.07) is 12.3. The van der Waals surface area contributed by atoms with Crippen molar-refractivity contribution in [3.8, 4) is 6.07 Å². The number of likely N-dealkylation sites (tertiary alicyclic amines) is 1. The first-order chi connectivity index (χ1) is 15.0. The highest BCUT2D eigenvalue weighted by atomic mass is 32.2. The zero-order valence-electron chi connectivity index (χ0n) is 17.6. The molecule has 0 radical (unpaired) electrons. The number of nitrogens with two attached hydrogens (primary N) is 1. The minimum Gasteiger partial charge on any atom is -0.368 e. The molecular weight excluding hydrogens is 408 g/mol. The SMILES string of the molecule is [C-]#[N+]c1c(N2CC3CC2CN3C)nc(SC(C(N)=O)c2ccccc2)c(C#N)c1CC. The van der Waals surface area contributed by atoms with E-state index >= 15 is 0 Å². The van der Waals surface area contributed by atoms with E-state index in [1.54, 1.807) is 0 Å². The topological polar surface area (TPSA) is 90.6 Å². The lowest BCUT2D eigenvalue weighted by atomic mass is 10.1. The maximum atomic E-state index is 12.3. The van der Waals surface area contributed by atoms with Gasteiger partial charge in [-0.05, 0) is 31.0 Å². The third kappa shape index (κ3) is 3.74. The number of hydrogen-bond acceptors (Lipinski definition) is 6. The maximum Gasteiger partial charge on any atom is 0.235 e. The normalized spacial score (nSPS) is 21.0. The molecule has 0 saturated carbocycles. The van der Waals surface area contributed by atoms with Gasteiger partial charge < -0.3 is 10.6 Å². The van der Waals surface area contributed by atoms with E-state index in [9.17, 15) is 10.1 Å². The van der Waals surface area contributed by atoms with Crippen LogP contribution in [0, 0.1) is 17.9 Å². The molecule has 4 rings (SSSR count). The number of carbonyl (C=O) groups is 1. The number of pyridine rings is 1. The van der Waals surface area contributed by atoms with Gasteiger partial charge >= 0.3 is 0 Å². The van der Waals surface area contributed by atoms with Crippen LogP contribution >= 0.6 is 11.8 Å². The number of rotatable bonds is 6. The van der Waals surface area contributed by atoms with Crippen molar-refractivity contribution in [2.75, 3.05) is 25.0 Å². The first kappa shape index (κ1) is 21.2. The molecule has 3 heterocycles. The van der Waals surface area contributed by atoms with Crippen LogP contribution in [0.5, 0.6) is 0 Å². The molecule has 3 atom stereocenters. The van der Waals surface area contributed by atoms with E-state index in [1.165, 1.54) is 11.8 Å². The van der Waals surface area contributed by atoms with Gasteiger partial charge in [0.1, 0.15) is 22.2 Å². The molecule has 2 fully saturated rings. The van der Waals surface area contributed by atoms with Gasteiger partial charge in [0.15, 0.2) is 0 Å². The predicted molar refractivity (Wildman–Crippen MR) is 121 cm³/mol. The summed E-state index contributed by atoms with van der Waals surface area (Å²) in [6.07, 6.45) is 1.59. The van der Waals surface area contributed by atoms with Crippen LogP contribution in [0.25, 0.3) is 4.85 Å². The zero-order valence-corrected chi connectivity index (χ0v) is 18.4. The highest BCUT2D eigenvalue weighted by molar-refractivity contribution is 8.00. The summed E-state index contributed by atoms with van der Waals surface area (Å²) >= 11 is 1.20. The molecule has 2 N–H and O–H groups in total. The Balaban J connectivity index is 1.81. The van der Waals surface area contributed by atoms with Crippen molar-refractivity contribution < 1.29 is 4.79 Å². The molecule has 158 valence electrons. The molecule has 2 aromatic rings. The van der Waals surface area contributed by atoms with Crippen LogP contribution in [0.2, 0.25) is 0 Å². The summed E-state index contributed by atoms with van der Waals surface area (Å²) in [5.74, 6) is 0.142. The van der Waals surface area contributed by atoms with Crippen LogP contribution in [0.1, 0.15) is 35.3 Å². The number of likely N-dealkylation sites (N-methyl/N-ethyl adjacent to an activating group) is 1. The number of nitrogens with zero attached hydrogens (tertiary/aromatic N) is 5. The lowest BCUT2D eigenvalue weighted by Crippen LogP contribution is -2.45. The first-order valence-electron chi connectivity index (χ1n) is 10.3. The second-order valence-electron chi connectivity index (χ2n) is 7.97. The fourth-order valence-corrected chi connectivity index (χ4v) is 5.66. The Labute approximate surface area is 186 Å². The number of fused-ring (bicyclic) bond motifs is 2. The summed E-state index contributed by atoms with van der Waals surface area (Å²) in [7, 11) is 2.13. The molecule has 8 heteroatoms. The van der Waals surface area contributed by atoms with Gasteiger partial charge in [-0.25, -0.2) is 9.83 Å². The molecule has 3 unspecified atom stereocenters.